The van der Waals surface area contributed by atoms with Crippen LogP contribution in [0.15, 0.2) is 42.5 Å². The molecule has 3 rings (SSSR count). The molecule has 2 aromatic carbocycles. The molecule has 118 valence electrons. The van der Waals surface area contributed by atoms with Crippen molar-refractivity contribution in [2.45, 2.75) is 6.18 Å². The molecule has 0 radical (unpaired) electrons. The molecule has 5 nitrogen and oxygen atoms in total. The molecule has 3 aromatic rings. The smallest absolute Gasteiger partial charge is 0.355 e. The number of aromatic nitrogens is 4. The Hall–Kier alpha value is -2.61. The molecule has 23 heavy (non-hydrogen) atoms. The average molecular weight is 340 g/mol. The van der Waals surface area contributed by atoms with E-state index in [0.717, 1.165) is 12.1 Å². The van der Waals surface area contributed by atoms with Gasteiger partial charge in [0.05, 0.1) is 5.56 Å². The van der Waals surface area contributed by atoms with E-state index < -0.39 is 11.7 Å². The van der Waals surface area contributed by atoms with Gasteiger partial charge in [-0.3, -0.25) is 0 Å². The predicted octanol–water partition coefficient (Wildman–Crippen LogP) is 4.28. The van der Waals surface area contributed by atoms with Crippen LogP contribution >= 0.6 is 11.6 Å². The number of hydrogen-bond acceptors (Lipinski definition) is 4. The summed E-state index contributed by atoms with van der Waals surface area (Å²) in [6.07, 6.45) is -4.37. The third-order valence-corrected chi connectivity index (χ3v) is 3.29. The molecule has 0 unspecified atom stereocenters. The lowest BCUT2D eigenvalue weighted by Crippen LogP contribution is -2.04. The lowest BCUT2D eigenvalue weighted by atomic mass is 10.1. The summed E-state index contributed by atoms with van der Waals surface area (Å²) >= 11 is 5.97. The van der Waals surface area contributed by atoms with E-state index >= 15 is 0 Å². The van der Waals surface area contributed by atoms with E-state index in [2.05, 4.69) is 25.9 Å². The maximum atomic E-state index is 12.6. The lowest BCUT2D eigenvalue weighted by Gasteiger charge is -2.12. The van der Waals surface area contributed by atoms with Crippen molar-refractivity contribution in [3.05, 3.63) is 53.1 Å². The van der Waals surface area contributed by atoms with Crippen molar-refractivity contribution in [3.63, 3.8) is 0 Å². The number of nitrogens with one attached hydrogen (secondary N) is 2. The average Bonchev–Trinajstić information content (AvgIpc) is 3.03. The molecule has 1 aromatic heterocycles. The van der Waals surface area contributed by atoms with Crippen molar-refractivity contribution >= 4 is 23.0 Å². The standard InChI is InChI=1S/C14H9ClF3N5/c15-9-3-6-12(11(7-9)13-20-22-23-21-13)19-10-4-1-8(2-5-10)14(16,17)18/h1-7,19H,(H,20,21,22,23). The second-order valence-electron chi connectivity index (χ2n) is 4.63. The maximum absolute atomic E-state index is 12.6. The van der Waals surface area contributed by atoms with Crippen molar-refractivity contribution < 1.29 is 13.2 Å². The summed E-state index contributed by atoms with van der Waals surface area (Å²) in [7, 11) is 0. The highest BCUT2D eigenvalue weighted by Gasteiger charge is 2.29. The molecule has 0 aliphatic carbocycles. The molecular weight excluding hydrogens is 331 g/mol. The monoisotopic (exact) mass is 339 g/mol. The number of hydrogen-bond donors (Lipinski definition) is 2. The van der Waals surface area contributed by atoms with Gasteiger partial charge in [0.25, 0.3) is 0 Å². The molecule has 0 aliphatic rings. The van der Waals surface area contributed by atoms with Gasteiger partial charge in [0.15, 0.2) is 0 Å². The Balaban J connectivity index is 1.91. The van der Waals surface area contributed by atoms with Gasteiger partial charge in [0, 0.05) is 22.0 Å². The van der Waals surface area contributed by atoms with Crippen LogP contribution in [0.3, 0.4) is 0 Å². The molecule has 1 heterocycles. The van der Waals surface area contributed by atoms with Crippen LogP contribution in [-0.2, 0) is 6.18 Å². The highest BCUT2D eigenvalue weighted by Crippen LogP contribution is 2.33. The van der Waals surface area contributed by atoms with Crippen molar-refractivity contribution in [2.75, 3.05) is 5.32 Å². The van der Waals surface area contributed by atoms with Crippen LogP contribution in [0.2, 0.25) is 5.02 Å². The number of benzene rings is 2. The van der Waals surface area contributed by atoms with Crippen molar-refractivity contribution in [1.29, 1.82) is 0 Å². The summed E-state index contributed by atoms with van der Waals surface area (Å²) in [6.45, 7) is 0. The third-order valence-electron chi connectivity index (χ3n) is 3.06. The van der Waals surface area contributed by atoms with Crippen LogP contribution in [0.5, 0.6) is 0 Å². The van der Waals surface area contributed by atoms with Gasteiger partial charge in [-0.2, -0.15) is 18.4 Å². The minimum atomic E-state index is -4.37. The number of tetrazole rings is 1. The summed E-state index contributed by atoms with van der Waals surface area (Å²) < 4.78 is 37.7. The zero-order valence-corrected chi connectivity index (χ0v) is 12.2. The van der Waals surface area contributed by atoms with E-state index in [1.54, 1.807) is 18.2 Å². The number of anilines is 2. The number of rotatable bonds is 3. The molecular formula is C14H9ClF3N5. The minimum Gasteiger partial charge on any atom is -0.355 e. The van der Waals surface area contributed by atoms with Crippen LogP contribution in [-0.4, -0.2) is 20.6 Å². The minimum absolute atomic E-state index is 0.321. The Morgan fingerprint density at radius 1 is 1.04 bits per heavy atom. The summed E-state index contributed by atoms with van der Waals surface area (Å²) in [6, 6.07) is 9.68. The van der Waals surface area contributed by atoms with E-state index in [4.69, 9.17) is 11.6 Å². The molecule has 0 aliphatic heterocycles. The van der Waals surface area contributed by atoms with Crippen molar-refractivity contribution in [1.82, 2.24) is 20.6 Å². The van der Waals surface area contributed by atoms with Gasteiger partial charge in [-0.25, -0.2) is 0 Å². The molecule has 0 saturated carbocycles. The molecule has 0 fully saturated rings. The quantitative estimate of drug-likeness (QED) is 0.747. The topological polar surface area (TPSA) is 66.5 Å². The highest BCUT2D eigenvalue weighted by molar-refractivity contribution is 6.31. The molecule has 0 saturated heterocycles. The van der Waals surface area contributed by atoms with E-state index in [1.807, 2.05) is 0 Å². The lowest BCUT2D eigenvalue weighted by molar-refractivity contribution is -0.137. The second-order valence-corrected chi connectivity index (χ2v) is 5.06. The fourth-order valence-corrected chi connectivity index (χ4v) is 2.16. The van der Waals surface area contributed by atoms with Gasteiger partial charge in [-0.05, 0) is 47.7 Å². The van der Waals surface area contributed by atoms with Gasteiger partial charge in [0.1, 0.15) is 0 Å². The van der Waals surface area contributed by atoms with Gasteiger partial charge in [0.2, 0.25) is 5.82 Å². The van der Waals surface area contributed by atoms with Gasteiger partial charge < -0.3 is 5.32 Å². The molecule has 0 atom stereocenters. The Bertz CT molecular complexity index is 800. The third kappa shape index (κ3) is 3.42. The summed E-state index contributed by atoms with van der Waals surface area (Å²) in [5.41, 5.74) is 0.948. The maximum Gasteiger partial charge on any atom is 0.416 e. The molecule has 0 spiro atoms. The summed E-state index contributed by atoms with van der Waals surface area (Å²) in [5.74, 6) is 0.321. The Morgan fingerprint density at radius 2 is 1.78 bits per heavy atom. The van der Waals surface area contributed by atoms with Crippen LogP contribution in [0, 0.1) is 0 Å². The molecule has 0 amide bonds. The Labute approximate surface area is 133 Å². The number of halogens is 4. The first-order chi connectivity index (χ1) is 10.9. The summed E-state index contributed by atoms with van der Waals surface area (Å²) in [5, 5.41) is 17.1. The van der Waals surface area contributed by atoms with Crippen LogP contribution in [0.1, 0.15) is 5.56 Å². The number of H-pyrrole nitrogens is 1. The van der Waals surface area contributed by atoms with Crippen molar-refractivity contribution in [3.8, 4) is 11.4 Å². The zero-order chi connectivity index (χ0) is 16.4. The van der Waals surface area contributed by atoms with Gasteiger partial charge in [-0.15, -0.1) is 10.2 Å². The summed E-state index contributed by atoms with van der Waals surface area (Å²) in [4.78, 5) is 0. The zero-order valence-electron chi connectivity index (χ0n) is 11.4. The molecule has 2 N–H and O–H groups in total. The largest absolute Gasteiger partial charge is 0.416 e. The fraction of sp³-hybridized carbons (Fsp3) is 0.0714. The number of aromatic amines is 1. The first kappa shape index (κ1) is 15.3. The highest BCUT2D eigenvalue weighted by atomic mass is 35.5. The first-order valence-corrected chi connectivity index (χ1v) is 6.79. The number of nitrogens with zero attached hydrogens (tertiary/aromatic N) is 3. The fourth-order valence-electron chi connectivity index (χ4n) is 1.98. The normalized spacial score (nSPS) is 11.5. The van der Waals surface area contributed by atoms with E-state index in [-0.39, 0.29) is 0 Å². The Morgan fingerprint density at radius 3 is 2.39 bits per heavy atom. The Kier molecular flexibility index (Phi) is 3.91. The van der Waals surface area contributed by atoms with Crippen LogP contribution in [0.4, 0.5) is 24.5 Å². The van der Waals surface area contributed by atoms with Crippen LogP contribution in [0.25, 0.3) is 11.4 Å². The van der Waals surface area contributed by atoms with Crippen LogP contribution < -0.4 is 5.32 Å². The first-order valence-electron chi connectivity index (χ1n) is 6.41. The van der Waals surface area contributed by atoms with E-state index in [9.17, 15) is 13.2 Å². The SMILES string of the molecule is FC(F)(F)c1ccc(Nc2ccc(Cl)cc2-c2nn[nH]n2)cc1. The predicted molar refractivity (Wildman–Crippen MR) is 79.4 cm³/mol. The molecule has 0 bridgehead atoms. The van der Waals surface area contributed by atoms with E-state index in [0.29, 0.717) is 27.8 Å². The number of alkyl halides is 3. The second kappa shape index (κ2) is 5.88. The van der Waals surface area contributed by atoms with E-state index in [1.165, 1.54) is 12.1 Å². The van der Waals surface area contributed by atoms with Gasteiger partial charge >= 0.3 is 6.18 Å². The van der Waals surface area contributed by atoms with Gasteiger partial charge in [-0.1, -0.05) is 11.6 Å². The molecule has 9 heteroatoms. The van der Waals surface area contributed by atoms with Crippen molar-refractivity contribution in [2.24, 2.45) is 0 Å².